The van der Waals surface area contributed by atoms with Gasteiger partial charge in [-0.3, -0.25) is 4.79 Å². The summed E-state index contributed by atoms with van der Waals surface area (Å²) in [5.41, 5.74) is 5.39. The summed E-state index contributed by atoms with van der Waals surface area (Å²) in [6.45, 7) is 9.51. The van der Waals surface area contributed by atoms with Gasteiger partial charge >= 0.3 is 0 Å². The Morgan fingerprint density at radius 1 is 1.18 bits per heavy atom. The van der Waals surface area contributed by atoms with Gasteiger partial charge in [0.15, 0.2) is 0 Å². The van der Waals surface area contributed by atoms with E-state index in [0.717, 1.165) is 5.39 Å². The van der Waals surface area contributed by atoms with Crippen LogP contribution in [0.15, 0.2) is 35.5 Å². The third kappa shape index (κ3) is 4.45. The second-order valence-corrected chi connectivity index (χ2v) is 8.59. The molecule has 0 saturated heterocycles. The third-order valence-corrected chi connectivity index (χ3v) is 3.98. The molecular weight excluding hydrogens is 356 g/mol. The van der Waals surface area contributed by atoms with Crippen molar-refractivity contribution in [3.05, 3.63) is 41.1 Å². The second-order valence-electron chi connectivity index (χ2n) is 8.59. The summed E-state index contributed by atoms with van der Waals surface area (Å²) < 4.78 is 1.50. The normalized spacial score (nSPS) is 12.4. The molecule has 0 aliphatic heterocycles. The highest BCUT2D eigenvalue weighted by atomic mass is 16.3. The van der Waals surface area contributed by atoms with Crippen LogP contribution in [0, 0.1) is 0 Å². The number of rotatable bonds is 4. The van der Waals surface area contributed by atoms with Crippen molar-refractivity contribution < 1.29 is 5.11 Å². The molecule has 0 atom stereocenters. The van der Waals surface area contributed by atoms with Gasteiger partial charge in [0, 0.05) is 29.7 Å². The van der Waals surface area contributed by atoms with Gasteiger partial charge in [-0.15, -0.1) is 0 Å². The van der Waals surface area contributed by atoms with Crippen LogP contribution >= 0.6 is 0 Å². The van der Waals surface area contributed by atoms with E-state index < -0.39 is 5.60 Å². The quantitative estimate of drug-likeness (QED) is 0.634. The Morgan fingerprint density at radius 2 is 1.82 bits per heavy atom. The van der Waals surface area contributed by atoms with Crippen LogP contribution in [0.2, 0.25) is 0 Å². The van der Waals surface area contributed by atoms with E-state index in [1.807, 2.05) is 32.9 Å². The zero-order valence-corrected chi connectivity index (χ0v) is 16.8. The maximum Gasteiger partial charge on any atom is 0.262 e. The smallest absolute Gasteiger partial charge is 0.262 e. The molecule has 3 aromatic heterocycles. The molecule has 0 saturated carbocycles. The highest BCUT2D eigenvalue weighted by Crippen LogP contribution is 2.27. The van der Waals surface area contributed by atoms with Crippen molar-refractivity contribution in [1.29, 1.82) is 0 Å². The number of aromatic nitrogens is 4. The molecular formula is C20H26N6O2. The van der Waals surface area contributed by atoms with E-state index in [4.69, 9.17) is 5.73 Å². The van der Waals surface area contributed by atoms with Crippen LogP contribution in [0.25, 0.3) is 22.0 Å². The summed E-state index contributed by atoms with van der Waals surface area (Å²) in [5.74, 6) is 0.666. The predicted molar refractivity (Wildman–Crippen MR) is 111 cm³/mol. The first kappa shape index (κ1) is 19.8. The third-order valence-electron chi connectivity index (χ3n) is 3.98. The van der Waals surface area contributed by atoms with E-state index in [2.05, 4.69) is 20.3 Å². The highest BCUT2D eigenvalue weighted by molar-refractivity contribution is 5.94. The Labute approximate surface area is 163 Å². The number of hydrogen-bond donors (Lipinski definition) is 3. The van der Waals surface area contributed by atoms with Crippen molar-refractivity contribution in [3.63, 3.8) is 0 Å². The first-order valence-corrected chi connectivity index (χ1v) is 9.06. The van der Waals surface area contributed by atoms with E-state index in [-0.39, 0.29) is 23.6 Å². The molecule has 28 heavy (non-hydrogen) atoms. The minimum Gasteiger partial charge on any atom is -0.389 e. The lowest BCUT2D eigenvalue weighted by Gasteiger charge is -2.24. The molecule has 0 spiro atoms. The van der Waals surface area contributed by atoms with Crippen molar-refractivity contribution >= 4 is 22.5 Å². The van der Waals surface area contributed by atoms with Gasteiger partial charge in [0.2, 0.25) is 5.95 Å². The summed E-state index contributed by atoms with van der Waals surface area (Å²) >= 11 is 0. The van der Waals surface area contributed by atoms with E-state index in [0.29, 0.717) is 22.5 Å². The average Bonchev–Trinajstić information content (AvgIpc) is 2.55. The average molecular weight is 382 g/mol. The van der Waals surface area contributed by atoms with Crippen LogP contribution in [0.5, 0.6) is 0 Å². The van der Waals surface area contributed by atoms with Gasteiger partial charge in [-0.2, -0.15) is 0 Å². The first-order valence-electron chi connectivity index (χ1n) is 9.06. The largest absolute Gasteiger partial charge is 0.389 e. The van der Waals surface area contributed by atoms with Crippen molar-refractivity contribution in [2.45, 2.75) is 52.3 Å². The van der Waals surface area contributed by atoms with Crippen LogP contribution in [-0.4, -0.2) is 35.8 Å². The maximum atomic E-state index is 13.1. The minimum atomic E-state index is -1.01. The molecule has 148 valence electrons. The fraction of sp³-hybridized carbons (Fsp3) is 0.400. The lowest BCUT2D eigenvalue weighted by molar-refractivity contribution is 0.0606. The Hall–Kier alpha value is -3.00. The first-order chi connectivity index (χ1) is 12.9. The fourth-order valence-corrected chi connectivity index (χ4v) is 2.91. The lowest BCUT2D eigenvalue weighted by atomic mass is 10.1. The summed E-state index contributed by atoms with van der Waals surface area (Å²) in [5, 5.41) is 14.7. The number of nitrogens with two attached hydrogens (primary N) is 1. The number of anilines is 2. The number of aliphatic hydroxyl groups is 1. The van der Waals surface area contributed by atoms with E-state index in [9.17, 15) is 9.90 Å². The van der Waals surface area contributed by atoms with Crippen LogP contribution < -0.4 is 16.6 Å². The number of nitrogen functional groups attached to an aromatic ring is 1. The molecule has 0 fully saturated rings. The molecule has 3 aromatic rings. The number of nitrogens with one attached hydrogen (secondary N) is 1. The molecule has 0 aliphatic carbocycles. The Balaban J connectivity index is 2.24. The van der Waals surface area contributed by atoms with Crippen molar-refractivity contribution in [2.75, 3.05) is 11.1 Å². The van der Waals surface area contributed by atoms with E-state index in [1.54, 1.807) is 32.4 Å². The Kier molecular flexibility index (Phi) is 4.84. The SMILES string of the molecule is CC(C)(O)Cn1ccc2cc(-c3cnc(N)nc3)nc(NC(C)(C)C)c2c1=O. The van der Waals surface area contributed by atoms with Crippen molar-refractivity contribution in [3.8, 4) is 11.3 Å². The number of nitrogens with zero attached hydrogens (tertiary/aromatic N) is 4. The summed E-state index contributed by atoms with van der Waals surface area (Å²) in [6, 6.07) is 3.67. The molecule has 3 heterocycles. The molecule has 0 unspecified atom stereocenters. The van der Waals surface area contributed by atoms with Crippen LogP contribution in [0.1, 0.15) is 34.6 Å². The van der Waals surface area contributed by atoms with Gasteiger partial charge in [0.25, 0.3) is 5.56 Å². The van der Waals surface area contributed by atoms with Gasteiger partial charge in [0.1, 0.15) is 5.82 Å². The monoisotopic (exact) mass is 382 g/mol. The second kappa shape index (κ2) is 6.87. The maximum absolute atomic E-state index is 13.1. The molecule has 8 nitrogen and oxygen atoms in total. The van der Waals surface area contributed by atoms with Gasteiger partial charge in [0.05, 0.1) is 23.2 Å². The summed E-state index contributed by atoms with van der Waals surface area (Å²) in [7, 11) is 0. The lowest BCUT2D eigenvalue weighted by Crippen LogP contribution is -2.33. The molecule has 0 amide bonds. The summed E-state index contributed by atoms with van der Waals surface area (Å²) in [4.78, 5) is 25.9. The van der Waals surface area contributed by atoms with Crippen LogP contribution in [0.3, 0.4) is 0 Å². The van der Waals surface area contributed by atoms with Crippen LogP contribution in [0.4, 0.5) is 11.8 Å². The molecule has 4 N–H and O–H groups in total. The Morgan fingerprint density at radius 3 is 2.39 bits per heavy atom. The van der Waals surface area contributed by atoms with Crippen LogP contribution in [-0.2, 0) is 6.54 Å². The number of pyridine rings is 2. The standard InChI is InChI=1S/C20H26N6O2/c1-19(2,3)25-16-15-12(6-7-26(17(15)27)11-20(4,5)28)8-14(24-16)13-9-22-18(21)23-10-13/h6-10,28H,11H2,1-5H3,(H,24,25)(H2,21,22,23). The molecule has 0 aliphatic rings. The van der Waals surface area contributed by atoms with Gasteiger partial charge in [-0.1, -0.05) is 0 Å². The fourth-order valence-electron chi connectivity index (χ4n) is 2.91. The number of hydrogen-bond acceptors (Lipinski definition) is 7. The minimum absolute atomic E-state index is 0.185. The van der Waals surface area contributed by atoms with E-state index in [1.165, 1.54) is 4.57 Å². The highest BCUT2D eigenvalue weighted by Gasteiger charge is 2.20. The molecule has 0 aromatic carbocycles. The van der Waals surface area contributed by atoms with Gasteiger partial charge in [-0.25, -0.2) is 15.0 Å². The van der Waals surface area contributed by atoms with Gasteiger partial charge < -0.3 is 20.7 Å². The zero-order chi connectivity index (χ0) is 20.7. The Bertz CT molecular complexity index is 1060. The topological polar surface area (TPSA) is 119 Å². The van der Waals surface area contributed by atoms with Gasteiger partial charge in [-0.05, 0) is 52.1 Å². The molecule has 0 radical (unpaired) electrons. The number of fused-ring (bicyclic) bond motifs is 1. The van der Waals surface area contributed by atoms with Crippen molar-refractivity contribution in [1.82, 2.24) is 19.5 Å². The molecule has 3 rings (SSSR count). The van der Waals surface area contributed by atoms with E-state index >= 15 is 0 Å². The predicted octanol–water partition coefficient (Wildman–Crippen LogP) is 2.42. The van der Waals surface area contributed by atoms with Crippen molar-refractivity contribution in [2.24, 2.45) is 0 Å². The summed E-state index contributed by atoms with van der Waals surface area (Å²) in [6.07, 6.45) is 4.90. The molecule has 0 bridgehead atoms. The molecule has 8 heteroatoms. The zero-order valence-electron chi connectivity index (χ0n) is 16.8.